The highest BCUT2D eigenvalue weighted by Gasteiger charge is 2.18. The third-order valence-electron chi connectivity index (χ3n) is 2.64. The van der Waals surface area contributed by atoms with Crippen molar-refractivity contribution in [3.8, 4) is 0 Å². The number of rotatable bonds is 2. The van der Waals surface area contributed by atoms with E-state index in [4.69, 9.17) is 4.42 Å². The van der Waals surface area contributed by atoms with Gasteiger partial charge in [-0.25, -0.2) is 0 Å². The molecule has 0 aromatic carbocycles. The summed E-state index contributed by atoms with van der Waals surface area (Å²) in [5.74, 6) is 1.51. The minimum atomic E-state index is 0.283. The second kappa shape index (κ2) is 4.55. The Morgan fingerprint density at radius 1 is 1.36 bits per heavy atom. The van der Waals surface area contributed by atoms with Gasteiger partial charge >= 0.3 is 0 Å². The summed E-state index contributed by atoms with van der Waals surface area (Å²) in [6, 6.07) is 0.283. The van der Waals surface area contributed by atoms with Crippen molar-refractivity contribution >= 4 is 0 Å². The normalized spacial score (nSPS) is 23.4. The Morgan fingerprint density at radius 2 is 2.29 bits per heavy atom. The van der Waals surface area contributed by atoms with Crippen LogP contribution in [0.1, 0.15) is 50.4 Å². The molecule has 0 aliphatic carbocycles. The molecule has 4 nitrogen and oxygen atoms in total. The molecule has 1 aliphatic rings. The highest BCUT2D eigenvalue weighted by atomic mass is 16.4. The largest absolute Gasteiger partial charge is 0.424 e. The van der Waals surface area contributed by atoms with E-state index in [-0.39, 0.29) is 6.04 Å². The molecule has 1 unspecified atom stereocenters. The summed E-state index contributed by atoms with van der Waals surface area (Å²) in [5, 5.41) is 11.5. The van der Waals surface area contributed by atoms with Gasteiger partial charge in [0.1, 0.15) is 0 Å². The van der Waals surface area contributed by atoms with Crippen molar-refractivity contribution in [2.24, 2.45) is 0 Å². The van der Waals surface area contributed by atoms with Gasteiger partial charge < -0.3 is 9.73 Å². The zero-order valence-electron chi connectivity index (χ0n) is 8.62. The maximum absolute atomic E-state index is 5.54. The second-order valence-electron chi connectivity index (χ2n) is 3.74. The van der Waals surface area contributed by atoms with Crippen molar-refractivity contribution in [2.45, 2.75) is 45.1 Å². The predicted octanol–water partition coefficient (Wildman–Crippen LogP) is 1.84. The molecule has 0 saturated carbocycles. The van der Waals surface area contributed by atoms with Gasteiger partial charge in [-0.05, 0) is 19.4 Å². The number of aromatic nitrogens is 2. The fraction of sp³-hybridized carbons (Fsp3) is 0.800. The third-order valence-corrected chi connectivity index (χ3v) is 2.64. The van der Waals surface area contributed by atoms with Crippen LogP contribution in [0.25, 0.3) is 0 Å². The van der Waals surface area contributed by atoms with Gasteiger partial charge in [0, 0.05) is 6.42 Å². The van der Waals surface area contributed by atoms with Gasteiger partial charge in [0.15, 0.2) is 0 Å². The zero-order chi connectivity index (χ0) is 9.80. The summed E-state index contributed by atoms with van der Waals surface area (Å²) in [5.41, 5.74) is 0. The number of hydrogen-bond acceptors (Lipinski definition) is 4. The molecule has 2 rings (SSSR count). The summed E-state index contributed by atoms with van der Waals surface area (Å²) < 4.78 is 5.54. The summed E-state index contributed by atoms with van der Waals surface area (Å²) >= 11 is 0. The number of aryl methyl sites for hydroxylation is 1. The first kappa shape index (κ1) is 9.65. The molecule has 1 aliphatic heterocycles. The van der Waals surface area contributed by atoms with Crippen LogP contribution in [-0.2, 0) is 6.42 Å². The molecule has 14 heavy (non-hydrogen) atoms. The van der Waals surface area contributed by atoms with Gasteiger partial charge in [0.2, 0.25) is 11.8 Å². The quantitative estimate of drug-likeness (QED) is 0.782. The highest BCUT2D eigenvalue weighted by Crippen LogP contribution is 2.21. The minimum absolute atomic E-state index is 0.283. The Hall–Kier alpha value is -0.900. The van der Waals surface area contributed by atoms with Crippen molar-refractivity contribution in [3.63, 3.8) is 0 Å². The average molecular weight is 195 g/mol. The van der Waals surface area contributed by atoms with Crippen LogP contribution in [-0.4, -0.2) is 16.7 Å². The van der Waals surface area contributed by atoms with Crippen LogP contribution < -0.4 is 5.32 Å². The number of nitrogens with zero attached hydrogens (tertiary/aromatic N) is 2. The molecule has 0 spiro atoms. The maximum atomic E-state index is 5.54. The van der Waals surface area contributed by atoms with E-state index >= 15 is 0 Å². The summed E-state index contributed by atoms with van der Waals surface area (Å²) in [6.45, 7) is 3.09. The van der Waals surface area contributed by atoms with Crippen LogP contribution in [0.3, 0.4) is 0 Å². The van der Waals surface area contributed by atoms with E-state index in [1.807, 2.05) is 6.92 Å². The Labute approximate surface area is 84.1 Å². The van der Waals surface area contributed by atoms with Gasteiger partial charge in [0.25, 0.3) is 0 Å². The topological polar surface area (TPSA) is 51.0 Å². The molecule has 0 amide bonds. The van der Waals surface area contributed by atoms with Crippen LogP contribution >= 0.6 is 0 Å². The molecule has 0 bridgehead atoms. The van der Waals surface area contributed by atoms with Crippen LogP contribution in [0.5, 0.6) is 0 Å². The molecule has 1 atom stereocenters. The maximum Gasteiger partial charge on any atom is 0.233 e. The van der Waals surface area contributed by atoms with E-state index in [2.05, 4.69) is 15.5 Å². The Bertz CT molecular complexity index is 277. The van der Waals surface area contributed by atoms with E-state index in [1.165, 1.54) is 19.3 Å². The smallest absolute Gasteiger partial charge is 0.233 e. The van der Waals surface area contributed by atoms with Crippen LogP contribution in [0.4, 0.5) is 0 Å². The van der Waals surface area contributed by atoms with Crippen LogP contribution in [0.2, 0.25) is 0 Å². The van der Waals surface area contributed by atoms with Crippen LogP contribution in [0.15, 0.2) is 4.42 Å². The minimum Gasteiger partial charge on any atom is -0.424 e. The van der Waals surface area contributed by atoms with E-state index in [1.54, 1.807) is 0 Å². The van der Waals surface area contributed by atoms with Gasteiger partial charge in [-0.15, -0.1) is 10.2 Å². The van der Waals surface area contributed by atoms with E-state index in [0.29, 0.717) is 0 Å². The molecule has 78 valence electrons. The van der Waals surface area contributed by atoms with Crippen molar-refractivity contribution < 1.29 is 4.42 Å². The monoisotopic (exact) mass is 195 g/mol. The lowest BCUT2D eigenvalue weighted by Gasteiger charge is -2.09. The lowest BCUT2D eigenvalue weighted by atomic mass is 10.1. The molecular weight excluding hydrogens is 178 g/mol. The molecule has 0 radical (unpaired) electrons. The Morgan fingerprint density at radius 3 is 3.07 bits per heavy atom. The van der Waals surface area contributed by atoms with Crippen molar-refractivity contribution in [2.75, 3.05) is 6.54 Å². The summed E-state index contributed by atoms with van der Waals surface area (Å²) in [7, 11) is 0. The number of nitrogens with one attached hydrogen (secondary N) is 1. The standard InChI is InChI=1S/C10H17N3O/c1-2-9-12-13-10(14-9)8-6-4-3-5-7-11-8/h8,11H,2-7H2,1H3. The molecule has 2 heterocycles. The SMILES string of the molecule is CCc1nnc(C2CCCCCN2)o1. The van der Waals surface area contributed by atoms with Gasteiger partial charge in [-0.1, -0.05) is 19.8 Å². The molecule has 1 saturated heterocycles. The van der Waals surface area contributed by atoms with E-state index in [9.17, 15) is 0 Å². The lowest BCUT2D eigenvalue weighted by molar-refractivity contribution is 0.377. The average Bonchev–Trinajstić information content (AvgIpc) is 2.53. The lowest BCUT2D eigenvalue weighted by Crippen LogP contribution is -2.20. The Kier molecular flexibility index (Phi) is 3.14. The third kappa shape index (κ3) is 2.12. The molecular formula is C10H17N3O. The van der Waals surface area contributed by atoms with Crippen molar-refractivity contribution in [3.05, 3.63) is 11.8 Å². The van der Waals surface area contributed by atoms with Crippen LogP contribution in [0, 0.1) is 0 Å². The molecule has 1 aromatic heterocycles. The zero-order valence-corrected chi connectivity index (χ0v) is 8.62. The van der Waals surface area contributed by atoms with Gasteiger partial charge in [-0.2, -0.15) is 0 Å². The van der Waals surface area contributed by atoms with E-state index < -0.39 is 0 Å². The molecule has 1 fully saturated rings. The second-order valence-corrected chi connectivity index (χ2v) is 3.74. The first-order chi connectivity index (χ1) is 6.90. The van der Waals surface area contributed by atoms with Crippen molar-refractivity contribution in [1.29, 1.82) is 0 Å². The van der Waals surface area contributed by atoms with E-state index in [0.717, 1.165) is 31.2 Å². The van der Waals surface area contributed by atoms with Gasteiger partial charge in [-0.3, -0.25) is 0 Å². The van der Waals surface area contributed by atoms with Gasteiger partial charge in [0.05, 0.1) is 6.04 Å². The summed E-state index contributed by atoms with van der Waals surface area (Å²) in [6.07, 6.45) is 5.75. The molecule has 1 aromatic rings. The Balaban J connectivity index is 2.04. The predicted molar refractivity (Wildman–Crippen MR) is 52.9 cm³/mol. The first-order valence-corrected chi connectivity index (χ1v) is 5.46. The number of hydrogen-bond donors (Lipinski definition) is 1. The highest BCUT2D eigenvalue weighted by molar-refractivity contribution is 4.90. The fourth-order valence-electron chi connectivity index (χ4n) is 1.79. The van der Waals surface area contributed by atoms with Crippen molar-refractivity contribution in [1.82, 2.24) is 15.5 Å². The fourth-order valence-corrected chi connectivity index (χ4v) is 1.79. The summed E-state index contributed by atoms with van der Waals surface area (Å²) in [4.78, 5) is 0. The first-order valence-electron chi connectivity index (χ1n) is 5.46. The molecule has 1 N–H and O–H groups in total. The molecule has 4 heteroatoms.